The van der Waals surface area contributed by atoms with Gasteiger partial charge in [-0.2, -0.15) is 0 Å². The van der Waals surface area contributed by atoms with E-state index < -0.39 is 4.92 Å². The van der Waals surface area contributed by atoms with Gasteiger partial charge in [0.15, 0.2) is 5.13 Å². The number of hydrogen-bond acceptors (Lipinski definition) is 6. The maximum Gasteiger partial charge on any atom is 0.271 e. The fourth-order valence-corrected chi connectivity index (χ4v) is 2.96. The maximum absolute atomic E-state index is 12.5. The molecule has 3 aromatic rings. The molecule has 0 saturated carbocycles. The molecule has 0 unspecified atom stereocenters. The lowest BCUT2D eigenvalue weighted by Gasteiger charge is -2.09. The minimum atomic E-state index is -0.513. The molecule has 126 valence electrons. The zero-order valence-corrected chi connectivity index (χ0v) is 15.0. The quantitative estimate of drug-likeness (QED) is 0.457. The number of thiazole rings is 1. The monoisotopic (exact) mass is 418 g/mol. The van der Waals surface area contributed by atoms with Crippen LogP contribution in [0, 0.1) is 10.1 Å². The van der Waals surface area contributed by atoms with Crippen molar-refractivity contribution < 1.29 is 9.72 Å². The van der Waals surface area contributed by atoms with E-state index in [9.17, 15) is 14.9 Å². The minimum Gasteiger partial charge on any atom is -0.332 e. The number of nitrogens with zero attached hydrogens (tertiary/aromatic N) is 2. The standard InChI is InChI=1S/C16H11BrN4O3S/c17-13-5-4-12(21(23)24)9-14(13)20-15(22)10-2-1-3-11(8-10)19-16-18-6-7-25-16/h1-9H,(H,18,19)(H,20,22). The first-order valence-corrected chi connectivity index (χ1v) is 8.72. The molecule has 0 atom stereocenters. The fourth-order valence-electron chi connectivity index (χ4n) is 2.06. The van der Waals surface area contributed by atoms with Crippen LogP contribution in [0.15, 0.2) is 58.5 Å². The molecule has 1 aromatic heterocycles. The molecule has 25 heavy (non-hydrogen) atoms. The van der Waals surface area contributed by atoms with E-state index >= 15 is 0 Å². The van der Waals surface area contributed by atoms with Gasteiger partial charge in [-0.15, -0.1) is 11.3 Å². The van der Waals surface area contributed by atoms with E-state index in [-0.39, 0.29) is 11.6 Å². The van der Waals surface area contributed by atoms with Gasteiger partial charge in [-0.25, -0.2) is 4.98 Å². The summed E-state index contributed by atoms with van der Waals surface area (Å²) in [6.07, 6.45) is 1.68. The van der Waals surface area contributed by atoms with Crippen LogP contribution < -0.4 is 10.6 Å². The second kappa shape index (κ2) is 7.41. The van der Waals surface area contributed by atoms with Crippen LogP contribution in [-0.4, -0.2) is 15.8 Å². The Morgan fingerprint density at radius 1 is 1.24 bits per heavy atom. The third-order valence-electron chi connectivity index (χ3n) is 3.22. The number of aromatic nitrogens is 1. The first-order valence-electron chi connectivity index (χ1n) is 7.05. The van der Waals surface area contributed by atoms with Crippen LogP contribution in [-0.2, 0) is 0 Å². The van der Waals surface area contributed by atoms with Crippen LogP contribution in [0.4, 0.5) is 22.2 Å². The third kappa shape index (κ3) is 4.20. The Labute approximate surface area is 155 Å². The summed E-state index contributed by atoms with van der Waals surface area (Å²) in [5, 5.41) is 19.2. The smallest absolute Gasteiger partial charge is 0.271 e. The van der Waals surface area contributed by atoms with Gasteiger partial charge in [0.2, 0.25) is 0 Å². The van der Waals surface area contributed by atoms with Crippen molar-refractivity contribution >= 4 is 55.4 Å². The van der Waals surface area contributed by atoms with E-state index in [1.54, 1.807) is 24.4 Å². The Morgan fingerprint density at radius 3 is 2.80 bits per heavy atom. The Hall–Kier alpha value is -2.78. The molecule has 9 heteroatoms. The molecular formula is C16H11BrN4O3S. The molecule has 7 nitrogen and oxygen atoms in total. The van der Waals surface area contributed by atoms with Crippen molar-refractivity contribution in [3.8, 4) is 0 Å². The number of carbonyl (C=O) groups is 1. The Morgan fingerprint density at radius 2 is 2.08 bits per heavy atom. The molecule has 2 aromatic carbocycles. The number of halogens is 1. The molecule has 0 aliphatic heterocycles. The van der Waals surface area contributed by atoms with Crippen LogP contribution in [0.25, 0.3) is 0 Å². The van der Waals surface area contributed by atoms with Crippen LogP contribution in [0.2, 0.25) is 0 Å². The molecule has 0 fully saturated rings. The number of hydrogen-bond donors (Lipinski definition) is 2. The number of anilines is 3. The number of nitro groups is 1. The second-order valence-electron chi connectivity index (χ2n) is 4.92. The number of nitrogens with one attached hydrogen (secondary N) is 2. The van der Waals surface area contributed by atoms with Gasteiger partial charge in [0, 0.05) is 39.4 Å². The summed E-state index contributed by atoms with van der Waals surface area (Å²) in [6, 6.07) is 11.1. The summed E-state index contributed by atoms with van der Waals surface area (Å²) in [5.41, 5.74) is 1.37. The molecule has 0 aliphatic rings. The number of benzene rings is 2. The minimum absolute atomic E-state index is 0.0994. The Bertz CT molecular complexity index is 931. The molecule has 0 spiro atoms. The average molecular weight is 419 g/mol. The zero-order valence-electron chi connectivity index (χ0n) is 12.6. The molecule has 2 N–H and O–H groups in total. The topological polar surface area (TPSA) is 97.2 Å². The van der Waals surface area contributed by atoms with Gasteiger partial charge in [0.25, 0.3) is 11.6 Å². The van der Waals surface area contributed by atoms with Gasteiger partial charge in [0.1, 0.15) is 0 Å². The van der Waals surface area contributed by atoms with Gasteiger partial charge < -0.3 is 10.6 Å². The lowest BCUT2D eigenvalue weighted by atomic mass is 10.2. The third-order valence-corrected chi connectivity index (χ3v) is 4.60. The van der Waals surface area contributed by atoms with E-state index in [0.29, 0.717) is 15.7 Å². The van der Waals surface area contributed by atoms with E-state index in [4.69, 9.17) is 0 Å². The molecule has 0 saturated heterocycles. The predicted molar refractivity (Wildman–Crippen MR) is 101 cm³/mol. The van der Waals surface area contributed by atoms with E-state index in [1.807, 2.05) is 11.4 Å². The highest BCUT2D eigenvalue weighted by atomic mass is 79.9. The first kappa shape index (κ1) is 17.1. The fraction of sp³-hybridized carbons (Fsp3) is 0. The van der Waals surface area contributed by atoms with Crippen LogP contribution in [0.1, 0.15) is 10.4 Å². The molecule has 0 bridgehead atoms. The summed E-state index contributed by atoms with van der Waals surface area (Å²) >= 11 is 4.73. The SMILES string of the molecule is O=C(Nc1cc([N+](=O)[O-])ccc1Br)c1cccc(Nc2nccs2)c1. The maximum atomic E-state index is 12.5. The van der Waals surface area contributed by atoms with E-state index in [2.05, 4.69) is 31.5 Å². The van der Waals surface area contributed by atoms with Crippen molar-refractivity contribution in [1.82, 2.24) is 4.98 Å². The zero-order chi connectivity index (χ0) is 17.8. The van der Waals surface area contributed by atoms with Crippen molar-refractivity contribution in [2.24, 2.45) is 0 Å². The van der Waals surface area contributed by atoms with Crippen LogP contribution in [0.5, 0.6) is 0 Å². The summed E-state index contributed by atoms with van der Waals surface area (Å²) in [4.78, 5) is 27.0. The molecule has 3 rings (SSSR count). The molecule has 1 heterocycles. The van der Waals surface area contributed by atoms with Crippen molar-refractivity contribution in [3.63, 3.8) is 0 Å². The number of amides is 1. The highest BCUT2D eigenvalue weighted by Crippen LogP contribution is 2.28. The first-order chi connectivity index (χ1) is 12.0. The van der Waals surface area contributed by atoms with Gasteiger partial charge in [-0.3, -0.25) is 14.9 Å². The Balaban J connectivity index is 1.79. The summed E-state index contributed by atoms with van der Waals surface area (Å²) in [5.74, 6) is -0.371. The highest BCUT2D eigenvalue weighted by molar-refractivity contribution is 9.10. The van der Waals surface area contributed by atoms with Gasteiger partial charge >= 0.3 is 0 Å². The number of nitro benzene ring substituents is 1. The number of rotatable bonds is 5. The van der Waals surface area contributed by atoms with Gasteiger partial charge in [-0.05, 0) is 40.2 Å². The van der Waals surface area contributed by atoms with Crippen molar-refractivity contribution in [2.45, 2.75) is 0 Å². The van der Waals surface area contributed by atoms with Crippen molar-refractivity contribution in [3.05, 3.63) is 74.2 Å². The van der Waals surface area contributed by atoms with E-state index in [1.165, 1.54) is 29.5 Å². The lowest BCUT2D eigenvalue weighted by Crippen LogP contribution is -2.12. The lowest BCUT2D eigenvalue weighted by molar-refractivity contribution is -0.384. The normalized spacial score (nSPS) is 10.3. The largest absolute Gasteiger partial charge is 0.332 e. The van der Waals surface area contributed by atoms with Crippen LogP contribution in [0.3, 0.4) is 0 Å². The number of non-ortho nitro benzene ring substituents is 1. The number of carbonyl (C=O) groups excluding carboxylic acids is 1. The summed E-state index contributed by atoms with van der Waals surface area (Å²) in [6.45, 7) is 0. The average Bonchev–Trinajstić information content (AvgIpc) is 3.09. The molecule has 0 aliphatic carbocycles. The predicted octanol–water partition coefficient (Wildman–Crippen LogP) is 4.81. The summed E-state index contributed by atoms with van der Waals surface area (Å²) in [7, 11) is 0. The Kier molecular flexibility index (Phi) is 5.05. The van der Waals surface area contributed by atoms with Gasteiger partial charge in [0.05, 0.1) is 10.6 Å². The second-order valence-corrected chi connectivity index (χ2v) is 6.67. The molecule has 1 amide bonds. The van der Waals surface area contributed by atoms with Crippen molar-refractivity contribution in [1.29, 1.82) is 0 Å². The van der Waals surface area contributed by atoms with Crippen molar-refractivity contribution in [2.75, 3.05) is 10.6 Å². The molecular weight excluding hydrogens is 408 g/mol. The molecule has 0 radical (unpaired) electrons. The highest BCUT2D eigenvalue weighted by Gasteiger charge is 2.13. The van der Waals surface area contributed by atoms with E-state index in [0.717, 1.165) is 10.8 Å². The van der Waals surface area contributed by atoms with Crippen LogP contribution >= 0.6 is 27.3 Å². The summed E-state index contributed by atoms with van der Waals surface area (Å²) < 4.78 is 0.559. The van der Waals surface area contributed by atoms with Gasteiger partial charge in [-0.1, -0.05) is 6.07 Å².